The fourth-order valence-electron chi connectivity index (χ4n) is 5.64. The van der Waals surface area contributed by atoms with E-state index in [2.05, 4.69) is 69.4 Å². The maximum absolute atomic E-state index is 12.5. The number of aryl methyl sites for hydroxylation is 2. The number of hydrogen-bond donors (Lipinski definition) is 2. The molecule has 208 valence electrons. The van der Waals surface area contributed by atoms with Gasteiger partial charge in [-0.3, -0.25) is 9.59 Å². The summed E-state index contributed by atoms with van der Waals surface area (Å²) in [6.07, 6.45) is 7.23. The van der Waals surface area contributed by atoms with Crippen LogP contribution >= 0.6 is 11.3 Å². The van der Waals surface area contributed by atoms with Gasteiger partial charge in [-0.25, -0.2) is 0 Å². The second-order valence-electron chi connectivity index (χ2n) is 11.2. The highest BCUT2D eigenvalue weighted by atomic mass is 32.1. The molecule has 4 rings (SSSR count). The molecule has 0 radical (unpaired) electrons. The number of hydrogen-bond acceptors (Lipinski definition) is 4. The first-order valence-corrected chi connectivity index (χ1v) is 15.0. The summed E-state index contributed by atoms with van der Waals surface area (Å²) in [5.74, 6) is 0.771. The highest BCUT2D eigenvalue weighted by molar-refractivity contribution is 7.14. The summed E-state index contributed by atoms with van der Waals surface area (Å²) in [5, 5.41) is 11.5. The third-order valence-corrected chi connectivity index (χ3v) is 8.71. The summed E-state index contributed by atoms with van der Waals surface area (Å²) in [7, 11) is 0. The highest BCUT2D eigenvalue weighted by Crippen LogP contribution is 2.38. The largest absolute Gasteiger partial charge is 0.485 e. The molecule has 0 spiro atoms. The molecule has 39 heavy (non-hydrogen) atoms. The van der Waals surface area contributed by atoms with Gasteiger partial charge in [-0.1, -0.05) is 57.4 Å². The standard InChI is InChI=1S/C33H41NO4S/c1-21(2)18-28(29-14-15-30(39-29)33(37)34-17-16-31(35)36)38-27-19-22(3)32(23(4)20-27)26-12-10-25(11-13-26)24-8-6-5-7-9-24/h10-15,19-21,24,28H,5-9,16-18H2,1-4H3,(H,34,37)(H,35,36)/t28-/m1/s1. The molecule has 0 bridgehead atoms. The topological polar surface area (TPSA) is 75.6 Å². The number of thiophene rings is 1. The molecular formula is C33H41NO4S. The van der Waals surface area contributed by atoms with Crippen molar-refractivity contribution >= 4 is 23.2 Å². The maximum atomic E-state index is 12.5. The van der Waals surface area contributed by atoms with Crippen molar-refractivity contribution in [1.82, 2.24) is 5.32 Å². The number of amides is 1. The van der Waals surface area contributed by atoms with Crippen LogP contribution in [0.4, 0.5) is 0 Å². The van der Waals surface area contributed by atoms with Crippen molar-refractivity contribution in [3.63, 3.8) is 0 Å². The Morgan fingerprint density at radius 3 is 2.28 bits per heavy atom. The second kappa shape index (κ2) is 13.3. The van der Waals surface area contributed by atoms with Gasteiger partial charge in [0.25, 0.3) is 5.91 Å². The second-order valence-corrected chi connectivity index (χ2v) is 12.3. The molecule has 6 heteroatoms. The van der Waals surface area contributed by atoms with E-state index in [1.807, 2.05) is 6.07 Å². The third-order valence-electron chi connectivity index (χ3n) is 7.54. The van der Waals surface area contributed by atoms with Gasteiger partial charge in [0.1, 0.15) is 11.9 Å². The van der Waals surface area contributed by atoms with Gasteiger partial charge in [0, 0.05) is 11.4 Å². The van der Waals surface area contributed by atoms with Crippen molar-refractivity contribution in [2.75, 3.05) is 6.54 Å². The molecule has 3 aromatic rings. The maximum Gasteiger partial charge on any atom is 0.305 e. The van der Waals surface area contributed by atoms with Gasteiger partial charge < -0.3 is 15.2 Å². The van der Waals surface area contributed by atoms with Crippen molar-refractivity contribution < 1.29 is 19.4 Å². The molecule has 2 N–H and O–H groups in total. The van der Waals surface area contributed by atoms with Crippen LogP contribution < -0.4 is 10.1 Å². The quantitative estimate of drug-likeness (QED) is 0.252. The van der Waals surface area contributed by atoms with Crippen molar-refractivity contribution in [3.8, 4) is 16.9 Å². The minimum Gasteiger partial charge on any atom is -0.485 e. The van der Waals surface area contributed by atoms with E-state index in [1.165, 1.54) is 71.3 Å². The molecule has 1 atom stereocenters. The predicted molar refractivity (Wildman–Crippen MR) is 159 cm³/mol. The minimum absolute atomic E-state index is 0.0948. The minimum atomic E-state index is -0.930. The monoisotopic (exact) mass is 547 g/mol. The van der Waals surface area contributed by atoms with Crippen molar-refractivity contribution in [2.45, 2.75) is 84.7 Å². The molecule has 1 amide bonds. The van der Waals surface area contributed by atoms with Crippen LogP contribution in [0.25, 0.3) is 11.1 Å². The lowest BCUT2D eigenvalue weighted by molar-refractivity contribution is -0.136. The number of benzene rings is 2. The molecule has 5 nitrogen and oxygen atoms in total. The lowest BCUT2D eigenvalue weighted by Gasteiger charge is -2.23. The zero-order valence-electron chi connectivity index (χ0n) is 23.6. The van der Waals surface area contributed by atoms with Crippen molar-refractivity contribution in [3.05, 3.63) is 75.0 Å². The van der Waals surface area contributed by atoms with E-state index in [1.54, 1.807) is 6.07 Å². The van der Waals surface area contributed by atoms with Crippen LogP contribution in [0.1, 0.15) is 102 Å². The van der Waals surface area contributed by atoms with Gasteiger partial charge in [0.05, 0.1) is 11.3 Å². The molecule has 1 heterocycles. The zero-order valence-corrected chi connectivity index (χ0v) is 24.4. The van der Waals surface area contributed by atoms with Gasteiger partial charge >= 0.3 is 5.97 Å². The Bertz CT molecular complexity index is 1250. The van der Waals surface area contributed by atoms with E-state index < -0.39 is 5.97 Å². The number of carboxylic acid groups (broad SMARTS) is 1. The van der Waals surface area contributed by atoms with E-state index >= 15 is 0 Å². The normalized spacial score (nSPS) is 14.8. The number of carbonyl (C=O) groups is 2. The first-order chi connectivity index (χ1) is 18.7. The van der Waals surface area contributed by atoms with E-state index in [0.717, 1.165) is 17.0 Å². The smallest absolute Gasteiger partial charge is 0.305 e. The number of carboxylic acids is 1. The fraction of sp³-hybridized carbons (Fsp3) is 0.455. The van der Waals surface area contributed by atoms with Crippen LogP contribution in [0.3, 0.4) is 0 Å². The Morgan fingerprint density at radius 2 is 1.67 bits per heavy atom. The van der Waals surface area contributed by atoms with Crippen LogP contribution in [0.2, 0.25) is 0 Å². The molecule has 0 saturated heterocycles. The van der Waals surface area contributed by atoms with Crippen LogP contribution in [0.15, 0.2) is 48.5 Å². The molecule has 2 aromatic carbocycles. The zero-order chi connectivity index (χ0) is 27.9. The lowest BCUT2D eigenvalue weighted by atomic mass is 9.83. The number of carbonyl (C=O) groups excluding carboxylic acids is 1. The van der Waals surface area contributed by atoms with Crippen LogP contribution in [0, 0.1) is 19.8 Å². The van der Waals surface area contributed by atoms with Crippen LogP contribution in [-0.2, 0) is 4.79 Å². The van der Waals surface area contributed by atoms with E-state index in [9.17, 15) is 9.59 Å². The number of rotatable bonds is 11. The van der Waals surface area contributed by atoms with E-state index in [0.29, 0.717) is 16.7 Å². The molecule has 1 aliphatic rings. The average Bonchev–Trinajstić information content (AvgIpc) is 3.39. The molecule has 0 aliphatic heterocycles. The Hall–Kier alpha value is -3.12. The van der Waals surface area contributed by atoms with Gasteiger partial charge in [-0.15, -0.1) is 11.3 Å². The number of ether oxygens (including phenoxy) is 1. The summed E-state index contributed by atoms with van der Waals surface area (Å²) in [5.41, 5.74) is 6.34. The van der Waals surface area contributed by atoms with Crippen molar-refractivity contribution in [2.24, 2.45) is 5.92 Å². The van der Waals surface area contributed by atoms with Gasteiger partial charge in [-0.2, -0.15) is 0 Å². The Balaban J connectivity index is 1.50. The molecule has 1 aliphatic carbocycles. The highest BCUT2D eigenvalue weighted by Gasteiger charge is 2.21. The van der Waals surface area contributed by atoms with Crippen molar-refractivity contribution in [1.29, 1.82) is 0 Å². The van der Waals surface area contributed by atoms with Crippen LogP contribution in [0.5, 0.6) is 5.75 Å². The summed E-state index contributed by atoms with van der Waals surface area (Å²) in [4.78, 5) is 24.8. The molecule has 1 aromatic heterocycles. The molecule has 1 saturated carbocycles. The summed E-state index contributed by atoms with van der Waals surface area (Å²) in [6, 6.07) is 17.2. The fourth-order valence-corrected chi connectivity index (χ4v) is 6.60. The lowest BCUT2D eigenvalue weighted by Crippen LogP contribution is -2.25. The molecule has 1 fully saturated rings. The van der Waals surface area contributed by atoms with Crippen LogP contribution in [-0.4, -0.2) is 23.5 Å². The summed E-state index contributed by atoms with van der Waals surface area (Å²) < 4.78 is 6.57. The first-order valence-electron chi connectivity index (χ1n) is 14.2. The Labute approximate surface area is 236 Å². The SMILES string of the molecule is Cc1cc(O[C@H](CC(C)C)c2ccc(C(=O)NCCC(=O)O)s2)cc(C)c1-c1ccc(C2CCCCC2)cc1. The van der Waals surface area contributed by atoms with Gasteiger partial charge in [-0.05, 0) is 97.0 Å². The van der Waals surface area contributed by atoms with E-state index in [4.69, 9.17) is 9.84 Å². The number of nitrogens with one attached hydrogen (secondary N) is 1. The molecular weight excluding hydrogens is 506 g/mol. The summed E-state index contributed by atoms with van der Waals surface area (Å²) in [6.45, 7) is 8.74. The van der Waals surface area contributed by atoms with Gasteiger partial charge in [0.2, 0.25) is 0 Å². The van der Waals surface area contributed by atoms with E-state index in [-0.39, 0.29) is 25.0 Å². The predicted octanol–water partition coefficient (Wildman–Crippen LogP) is 8.45. The molecule has 0 unspecified atom stereocenters. The first kappa shape index (κ1) is 28.9. The number of aliphatic carboxylic acids is 1. The average molecular weight is 548 g/mol. The Kier molecular flexibility index (Phi) is 9.84. The third kappa shape index (κ3) is 7.72. The van der Waals surface area contributed by atoms with Gasteiger partial charge in [0.15, 0.2) is 0 Å². The Morgan fingerprint density at radius 1 is 1.00 bits per heavy atom. The summed E-state index contributed by atoms with van der Waals surface area (Å²) >= 11 is 1.41.